The van der Waals surface area contributed by atoms with Crippen LogP contribution in [0.4, 0.5) is 17.6 Å². The second-order valence-corrected chi connectivity index (χ2v) is 5.45. The first-order valence-electron chi connectivity index (χ1n) is 7.86. The molecule has 0 bridgehead atoms. The Morgan fingerprint density at radius 3 is 2.59 bits per heavy atom. The van der Waals surface area contributed by atoms with E-state index in [4.69, 9.17) is 4.74 Å². The minimum absolute atomic E-state index is 0.0231. The normalized spacial score (nSPS) is 11.4. The van der Waals surface area contributed by atoms with Crippen LogP contribution in [0.5, 0.6) is 0 Å². The summed E-state index contributed by atoms with van der Waals surface area (Å²) in [6, 6.07) is 7.15. The van der Waals surface area contributed by atoms with E-state index in [0.717, 1.165) is 6.07 Å². The number of pyridine rings is 1. The lowest BCUT2D eigenvalue weighted by molar-refractivity contribution is -0.140. The van der Waals surface area contributed by atoms with Crippen LogP contribution in [0.2, 0.25) is 0 Å². The Bertz CT molecular complexity index is 968. The highest BCUT2D eigenvalue weighted by molar-refractivity contribution is 5.89. The van der Waals surface area contributed by atoms with Gasteiger partial charge in [0.2, 0.25) is 0 Å². The summed E-state index contributed by atoms with van der Waals surface area (Å²) in [7, 11) is 0. The van der Waals surface area contributed by atoms with Gasteiger partial charge in [-0.2, -0.15) is 18.3 Å². The molecule has 2 heterocycles. The molecular formula is C18H13F4N3O2. The third-order valence-corrected chi connectivity index (χ3v) is 3.65. The van der Waals surface area contributed by atoms with Crippen molar-refractivity contribution >= 4 is 5.97 Å². The Morgan fingerprint density at radius 1 is 1.22 bits per heavy atom. The number of halogens is 4. The van der Waals surface area contributed by atoms with Gasteiger partial charge in [-0.05, 0) is 37.3 Å². The number of rotatable bonds is 4. The summed E-state index contributed by atoms with van der Waals surface area (Å²) in [6.45, 7) is 1.75. The summed E-state index contributed by atoms with van der Waals surface area (Å²) in [4.78, 5) is 16.0. The zero-order chi connectivity index (χ0) is 19.6. The molecule has 3 aromatic rings. The van der Waals surface area contributed by atoms with Gasteiger partial charge in [0.25, 0.3) is 0 Å². The minimum Gasteiger partial charge on any atom is -0.461 e. The maximum Gasteiger partial charge on any atom is 0.419 e. The first kappa shape index (κ1) is 18.6. The number of hydrogen-bond acceptors (Lipinski definition) is 4. The van der Waals surface area contributed by atoms with Crippen molar-refractivity contribution in [1.29, 1.82) is 0 Å². The van der Waals surface area contributed by atoms with Crippen LogP contribution < -0.4 is 0 Å². The highest BCUT2D eigenvalue weighted by Gasteiger charge is 2.34. The number of hydrogen-bond donors (Lipinski definition) is 0. The van der Waals surface area contributed by atoms with Crippen molar-refractivity contribution in [3.63, 3.8) is 0 Å². The van der Waals surface area contributed by atoms with Gasteiger partial charge in [-0.3, -0.25) is 4.98 Å². The molecule has 5 nitrogen and oxygen atoms in total. The lowest BCUT2D eigenvalue weighted by atomic mass is 10.1. The summed E-state index contributed by atoms with van der Waals surface area (Å²) in [5, 5.41) is 4.07. The first-order chi connectivity index (χ1) is 12.8. The van der Waals surface area contributed by atoms with Crippen LogP contribution in [-0.2, 0) is 10.9 Å². The fourth-order valence-corrected chi connectivity index (χ4v) is 2.47. The quantitative estimate of drug-likeness (QED) is 0.502. The lowest BCUT2D eigenvalue weighted by Gasteiger charge is -2.11. The minimum atomic E-state index is -4.81. The molecule has 0 N–H and O–H groups in total. The number of carbonyl (C=O) groups excluding carboxylic acids is 1. The van der Waals surface area contributed by atoms with Gasteiger partial charge in [0.1, 0.15) is 5.82 Å². The van der Waals surface area contributed by atoms with Crippen LogP contribution in [0.25, 0.3) is 16.9 Å². The van der Waals surface area contributed by atoms with Crippen LogP contribution in [0.3, 0.4) is 0 Å². The summed E-state index contributed by atoms with van der Waals surface area (Å²) in [6.07, 6.45) is -1.79. The van der Waals surface area contributed by atoms with Crippen LogP contribution in [0, 0.1) is 5.82 Å². The molecule has 0 radical (unpaired) electrons. The van der Waals surface area contributed by atoms with E-state index in [1.807, 2.05) is 0 Å². The molecule has 0 aliphatic heterocycles. The molecule has 0 saturated carbocycles. The molecule has 0 aliphatic rings. The van der Waals surface area contributed by atoms with Gasteiger partial charge in [-0.25, -0.2) is 13.9 Å². The molecule has 0 amide bonds. The maximum absolute atomic E-state index is 14.0. The molecule has 0 atom stereocenters. The predicted octanol–water partition coefficient (Wildman–Crippen LogP) is 4.27. The van der Waals surface area contributed by atoms with Crippen LogP contribution in [0.15, 0.2) is 48.8 Å². The molecule has 0 unspecified atom stereocenters. The SMILES string of the molecule is CCOC(=O)c1cc(-c2cccnc2)n(-c2ccc(C(F)(F)F)c(F)c2)n1. The number of aromatic nitrogens is 3. The van der Waals surface area contributed by atoms with Crippen molar-refractivity contribution in [3.05, 3.63) is 65.9 Å². The van der Waals surface area contributed by atoms with Crippen molar-refractivity contribution < 1.29 is 27.1 Å². The maximum atomic E-state index is 14.0. The Morgan fingerprint density at radius 2 is 2.00 bits per heavy atom. The molecule has 3 rings (SSSR count). The van der Waals surface area contributed by atoms with E-state index < -0.39 is 23.5 Å². The highest BCUT2D eigenvalue weighted by atomic mass is 19.4. The van der Waals surface area contributed by atoms with Crippen LogP contribution in [0.1, 0.15) is 23.0 Å². The summed E-state index contributed by atoms with van der Waals surface area (Å²) < 4.78 is 58.4. The molecule has 0 saturated heterocycles. The molecular weight excluding hydrogens is 366 g/mol. The van der Waals surface area contributed by atoms with E-state index in [-0.39, 0.29) is 18.0 Å². The fourth-order valence-electron chi connectivity index (χ4n) is 2.47. The van der Waals surface area contributed by atoms with Crippen LogP contribution >= 0.6 is 0 Å². The molecule has 27 heavy (non-hydrogen) atoms. The standard InChI is InChI=1S/C18H13F4N3O2/c1-2-27-17(26)15-9-16(11-4-3-7-23-10-11)25(24-15)12-5-6-13(14(19)8-12)18(20,21)22/h3-10H,2H2,1H3. The number of nitrogens with zero attached hydrogens (tertiary/aromatic N) is 3. The van der Waals surface area contributed by atoms with Crippen molar-refractivity contribution in [2.75, 3.05) is 6.61 Å². The van der Waals surface area contributed by atoms with Crippen molar-refractivity contribution in [3.8, 4) is 16.9 Å². The number of alkyl halides is 3. The molecule has 2 aromatic heterocycles. The van der Waals surface area contributed by atoms with Crippen molar-refractivity contribution in [2.45, 2.75) is 13.1 Å². The number of carbonyl (C=O) groups is 1. The number of esters is 1. The smallest absolute Gasteiger partial charge is 0.419 e. The molecule has 140 valence electrons. The average molecular weight is 379 g/mol. The zero-order valence-electron chi connectivity index (χ0n) is 14.0. The zero-order valence-corrected chi connectivity index (χ0v) is 14.0. The topological polar surface area (TPSA) is 57.0 Å². The molecule has 0 spiro atoms. The van der Waals surface area contributed by atoms with E-state index in [9.17, 15) is 22.4 Å². The van der Waals surface area contributed by atoms with Crippen molar-refractivity contribution in [1.82, 2.24) is 14.8 Å². The second-order valence-electron chi connectivity index (χ2n) is 5.45. The Balaban J connectivity index is 2.14. The first-order valence-corrected chi connectivity index (χ1v) is 7.86. The molecule has 0 aliphatic carbocycles. The van der Waals surface area contributed by atoms with Crippen LogP contribution in [-0.4, -0.2) is 27.3 Å². The van der Waals surface area contributed by atoms with Crippen molar-refractivity contribution in [2.24, 2.45) is 0 Å². The van der Waals surface area contributed by atoms with E-state index >= 15 is 0 Å². The van der Waals surface area contributed by atoms with E-state index in [2.05, 4.69) is 10.1 Å². The Kier molecular flexibility index (Phi) is 4.93. The van der Waals surface area contributed by atoms with Gasteiger partial charge in [0.15, 0.2) is 5.69 Å². The number of ether oxygens (including phenoxy) is 1. The summed E-state index contributed by atoms with van der Waals surface area (Å²) in [5.41, 5.74) is -0.524. The fraction of sp³-hybridized carbons (Fsp3) is 0.167. The van der Waals surface area contributed by atoms with Gasteiger partial charge in [-0.1, -0.05) is 0 Å². The third-order valence-electron chi connectivity index (χ3n) is 3.65. The largest absolute Gasteiger partial charge is 0.461 e. The van der Waals surface area contributed by atoms with Gasteiger partial charge in [-0.15, -0.1) is 0 Å². The summed E-state index contributed by atoms with van der Waals surface area (Å²) in [5.74, 6) is -2.14. The summed E-state index contributed by atoms with van der Waals surface area (Å²) >= 11 is 0. The second kappa shape index (κ2) is 7.18. The Hall–Kier alpha value is -3.23. The number of benzene rings is 1. The van der Waals surface area contributed by atoms with Gasteiger partial charge < -0.3 is 4.74 Å². The van der Waals surface area contributed by atoms with E-state index in [1.165, 1.54) is 23.1 Å². The van der Waals surface area contributed by atoms with E-state index in [1.54, 1.807) is 19.1 Å². The average Bonchev–Trinajstić information content (AvgIpc) is 3.07. The van der Waals surface area contributed by atoms with Gasteiger partial charge in [0.05, 0.1) is 23.6 Å². The monoisotopic (exact) mass is 379 g/mol. The molecule has 0 fully saturated rings. The lowest BCUT2D eigenvalue weighted by Crippen LogP contribution is -2.10. The van der Waals surface area contributed by atoms with Gasteiger partial charge in [0, 0.05) is 24.0 Å². The third kappa shape index (κ3) is 3.81. The highest BCUT2D eigenvalue weighted by Crippen LogP contribution is 2.33. The Labute approximate surface area is 151 Å². The molecule has 1 aromatic carbocycles. The predicted molar refractivity (Wildman–Crippen MR) is 87.7 cm³/mol. The van der Waals surface area contributed by atoms with Gasteiger partial charge >= 0.3 is 12.1 Å². The van der Waals surface area contributed by atoms with E-state index in [0.29, 0.717) is 23.4 Å². The molecule has 9 heteroatoms.